The Morgan fingerprint density at radius 3 is 2.44 bits per heavy atom. The number of alkyl halides is 3. The van der Waals surface area contributed by atoms with E-state index in [1.165, 1.54) is 17.0 Å². The van der Waals surface area contributed by atoms with Crippen LogP contribution in [0.15, 0.2) is 35.5 Å². The van der Waals surface area contributed by atoms with Crippen LogP contribution in [-0.4, -0.2) is 45.9 Å². The summed E-state index contributed by atoms with van der Waals surface area (Å²) in [6, 6.07) is 4.89. The third-order valence-corrected chi connectivity index (χ3v) is 3.20. The Hall–Kier alpha value is -2.75. The molecule has 0 unspecified atom stereocenters. The molecular formula is C15H14F3NO6. The third-order valence-electron chi connectivity index (χ3n) is 3.20. The van der Waals surface area contributed by atoms with Gasteiger partial charge in [-0.2, -0.15) is 0 Å². The molecule has 0 fully saturated rings. The van der Waals surface area contributed by atoms with Gasteiger partial charge < -0.3 is 23.8 Å². The van der Waals surface area contributed by atoms with Crippen molar-refractivity contribution >= 4 is 17.6 Å². The van der Waals surface area contributed by atoms with E-state index in [9.17, 15) is 22.8 Å². The summed E-state index contributed by atoms with van der Waals surface area (Å²) in [6.07, 6.45) is -4.87. The first kappa shape index (κ1) is 18.6. The Labute approximate surface area is 140 Å². The Kier molecular flexibility index (Phi) is 5.52. The first-order valence-electron chi connectivity index (χ1n) is 6.87. The Bertz CT molecular complexity index is 701. The summed E-state index contributed by atoms with van der Waals surface area (Å²) < 4.78 is 55.5. The van der Waals surface area contributed by atoms with Crippen LogP contribution < -0.4 is 9.64 Å². The molecule has 1 aromatic carbocycles. The molecule has 0 spiro atoms. The quantitative estimate of drug-likeness (QED) is 0.759. The van der Waals surface area contributed by atoms with E-state index in [0.29, 0.717) is 0 Å². The number of carbonyl (C=O) groups excluding carboxylic acids is 2. The summed E-state index contributed by atoms with van der Waals surface area (Å²) in [7, 11) is 2.24. The minimum absolute atomic E-state index is 0.109. The molecule has 2 rings (SSSR count). The Morgan fingerprint density at radius 1 is 1.16 bits per heavy atom. The standard InChI is InChI=1S/C15H14F3NO6/c1-22-13(20)11-7-24-8-19(12(11)14(21)23-2)9-4-3-5-10(6-9)25-15(16,17)18/h3-6H,7-8H2,1-2H3. The number of carbonyl (C=O) groups is 2. The lowest BCUT2D eigenvalue weighted by atomic mass is 10.1. The van der Waals surface area contributed by atoms with E-state index < -0.39 is 24.1 Å². The van der Waals surface area contributed by atoms with Crippen LogP contribution in [0.3, 0.4) is 0 Å². The molecule has 0 N–H and O–H groups in total. The van der Waals surface area contributed by atoms with E-state index in [1.54, 1.807) is 0 Å². The Morgan fingerprint density at radius 2 is 1.84 bits per heavy atom. The molecule has 1 aliphatic rings. The molecule has 1 aliphatic heterocycles. The lowest BCUT2D eigenvalue weighted by Gasteiger charge is -2.31. The number of rotatable bonds is 4. The van der Waals surface area contributed by atoms with Gasteiger partial charge in [0.2, 0.25) is 0 Å². The number of esters is 2. The highest BCUT2D eigenvalue weighted by Crippen LogP contribution is 2.31. The molecule has 1 aromatic rings. The minimum atomic E-state index is -4.87. The van der Waals surface area contributed by atoms with Gasteiger partial charge in [0.15, 0.2) is 0 Å². The van der Waals surface area contributed by atoms with Crippen LogP contribution in [0.4, 0.5) is 18.9 Å². The van der Waals surface area contributed by atoms with Crippen LogP contribution in [-0.2, 0) is 23.8 Å². The number of benzene rings is 1. The molecule has 0 bridgehead atoms. The predicted molar refractivity (Wildman–Crippen MR) is 77.5 cm³/mol. The molecule has 25 heavy (non-hydrogen) atoms. The summed E-state index contributed by atoms with van der Waals surface area (Å²) in [5.74, 6) is -2.15. The van der Waals surface area contributed by atoms with Crippen molar-refractivity contribution in [1.29, 1.82) is 0 Å². The van der Waals surface area contributed by atoms with Gasteiger partial charge in [-0.3, -0.25) is 0 Å². The van der Waals surface area contributed by atoms with E-state index >= 15 is 0 Å². The lowest BCUT2D eigenvalue weighted by Crippen LogP contribution is -2.38. The molecule has 0 saturated carbocycles. The monoisotopic (exact) mass is 361 g/mol. The van der Waals surface area contributed by atoms with E-state index in [0.717, 1.165) is 26.4 Å². The summed E-state index contributed by atoms with van der Waals surface area (Å²) in [5, 5.41) is 0. The fourth-order valence-corrected chi connectivity index (χ4v) is 2.20. The number of hydrogen-bond donors (Lipinski definition) is 0. The lowest BCUT2D eigenvalue weighted by molar-refractivity contribution is -0.274. The van der Waals surface area contributed by atoms with Gasteiger partial charge in [0.1, 0.15) is 18.2 Å². The summed E-state index contributed by atoms with van der Waals surface area (Å²) >= 11 is 0. The average molecular weight is 361 g/mol. The summed E-state index contributed by atoms with van der Waals surface area (Å²) in [6.45, 7) is -0.382. The van der Waals surface area contributed by atoms with Gasteiger partial charge in [-0.15, -0.1) is 13.2 Å². The smallest absolute Gasteiger partial charge is 0.466 e. The normalized spacial score (nSPS) is 15.0. The molecule has 7 nitrogen and oxygen atoms in total. The van der Waals surface area contributed by atoms with Crippen LogP contribution in [0.25, 0.3) is 0 Å². The van der Waals surface area contributed by atoms with Gasteiger partial charge in [-0.25, -0.2) is 9.59 Å². The van der Waals surface area contributed by atoms with Crippen LogP contribution in [0.2, 0.25) is 0 Å². The third kappa shape index (κ3) is 4.41. The molecule has 136 valence electrons. The zero-order valence-electron chi connectivity index (χ0n) is 13.3. The fraction of sp³-hybridized carbons (Fsp3) is 0.333. The molecule has 0 aromatic heterocycles. The highest BCUT2D eigenvalue weighted by Gasteiger charge is 2.34. The number of nitrogens with zero attached hydrogens (tertiary/aromatic N) is 1. The van der Waals surface area contributed by atoms with Crippen LogP contribution in [0.5, 0.6) is 5.75 Å². The van der Waals surface area contributed by atoms with Crippen molar-refractivity contribution < 1.29 is 41.7 Å². The molecule has 0 atom stereocenters. The van der Waals surface area contributed by atoms with E-state index in [2.05, 4.69) is 14.2 Å². The predicted octanol–water partition coefficient (Wildman–Crippen LogP) is 1.98. The maximum absolute atomic E-state index is 12.4. The van der Waals surface area contributed by atoms with Crippen molar-refractivity contribution in [2.24, 2.45) is 0 Å². The highest BCUT2D eigenvalue weighted by atomic mass is 19.4. The second kappa shape index (κ2) is 7.43. The van der Waals surface area contributed by atoms with Crippen LogP contribution >= 0.6 is 0 Å². The number of anilines is 1. The second-order valence-corrected chi connectivity index (χ2v) is 4.76. The average Bonchev–Trinajstić information content (AvgIpc) is 2.58. The topological polar surface area (TPSA) is 74.3 Å². The molecular weight excluding hydrogens is 347 g/mol. The van der Waals surface area contributed by atoms with Crippen LogP contribution in [0.1, 0.15) is 0 Å². The number of methoxy groups -OCH3 is 2. The largest absolute Gasteiger partial charge is 0.573 e. The van der Waals surface area contributed by atoms with Gasteiger partial charge in [-0.1, -0.05) is 6.07 Å². The molecule has 1 heterocycles. The van der Waals surface area contributed by atoms with Gasteiger partial charge in [0, 0.05) is 11.8 Å². The first-order valence-corrected chi connectivity index (χ1v) is 6.87. The Balaban J connectivity index is 2.47. The molecule has 10 heteroatoms. The van der Waals surface area contributed by atoms with Gasteiger partial charge in [-0.05, 0) is 12.1 Å². The molecule has 0 amide bonds. The zero-order valence-corrected chi connectivity index (χ0v) is 13.3. The number of ether oxygens (including phenoxy) is 4. The van der Waals surface area contributed by atoms with E-state index in [4.69, 9.17) is 4.74 Å². The van der Waals surface area contributed by atoms with Crippen molar-refractivity contribution in [3.63, 3.8) is 0 Å². The summed E-state index contributed by atoms with van der Waals surface area (Å²) in [5.41, 5.74) is -0.143. The van der Waals surface area contributed by atoms with Crippen molar-refractivity contribution in [1.82, 2.24) is 0 Å². The molecule has 0 saturated heterocycles. The van der Waals surface area contributed by atoms with E-state index in [1.807, 2.05) is 0 Å². The van der Waals surface area contributed by atoms with Crippen molar-refractivity contribution in [3.8, 4) is 5.75 Å². The molecule has 0 aliphatic carbocycles. The maximum Gasteiger partial charge on any atom is 0.573 e. The highest BCUT2D eigenvalue weighted by molar-refractivity contribution is 6.03. The number of hydrogen-bond acceptors (Lipinski definition) is 7. The van der Waals surface area contributed by atoms with Crippen molar-refractivity contribution in [2.75, 3.05) is 32.5 Å². The first-order chi connectivity index (χ1) is 11.8. The van der Waals surface area contributed by atoms with Crippen molar-refractivity contribution in [3.05, 3.63) is 35.5 Å². The SMILES string of the molecule is COC(=O)C1=C(C(=O)OC)N(c2cccc(OC(F)(F)F)c2)COC1. The van der Waals surface area contributed by atoms with Gasteiger partial charge >= 0.3 is 18.3 Å². The van der Waals surface area contributed by atoms with Crippen LogP contribution in [0, 0.1) is 0 Å². The summed E-state index contributed by atoms with van der Waals surface area (Å²) in [4.78, 5) is 25.2. The van der Waals surface area contributed by atoms with Gasteiger partial charge in [0.25, 0.3) is 0 Å². The number of halogens is 3. The zero-order chi connectivity index (χ0) is 18.6. The minimum Gasteiger partial charge on any atom is -0.466 e. The van der Waals surface area contributed by atoms with Crippen molar-refractivity contribution in [2.45, 2.75) is 6.36 Å². The molecule has 0 radical (unpaired) electrons. The fourth-order valence-electron chi connectivity index (χ4n) is 2.20. The second-order valence-electron chi connectivity index (χ2n) is 4.76. The van der Waals surface area contributed by atoms with Gasteiger partial charge in [0.05, 0.1) is 26.4 Å². The van der Waals surface area contributed by atoms with E-state index in [-0.39, 0.29) is 30.3 Å². The maximum atomic E-state index is 12.4.